The van der Waals surface area contributed by atoms with Gasteiger partial charge in [0.05, 0.1) is 0 Å². The van der Waals surface area contributed by atoms with Crippen molar-refractivity contribution in [3.05, 3.63) is 42.0 Å². The molecule has 2 N–H and O–H groups in total. The molecule has 6 nitrogen and oxygen atoms in total. The van der Waals surface area contributed by atoms with E-state index in [4.69, 9.17) is 4.74 Å². The SMILES string of the molecule is CN=C(NCCN(C)CCCOC)NCc1ccc(N2CC=CC2)cc1. The van der Waals surface area contributed by atoms with Crippen molar-refractivity contribution >= 4 is 11.6 Å². The largest absolute Gasteiger partial charge is 0.385 e. The van der Waals surface area contributed by atoms with Gasteiger partial charge in [0, 0.05) is 65.7 Å². The van der Waals surface area contributed by atoms with Crippen molar-refractivity contribution in [2.75, 3.05) is 65.4 Å². The second-order valence-electron chi connectivity index (χ2n) is 6.55. The van der Waals surface area contributed by atoms with E-state index in [1.807, 2.05) is 0 Å². The van der Waals surface area contributed by atoms with Crippen LogP contribution in [0.25, 0.3) is 0 Å². The van der Waals surface area contributed by atoms with Gasteiger partial charge in [0.2, 0.25) is 0 Å². The van der Waals surface area contributed by atoms with Gasteiger partial charge in [-0.15, -0.1) is 0 Å². The molecule has 0 fully saturated rings. The van der Waals surface area contributed by atoms with Gasteiger partial charge in [-0.3, -0.25) is 4.99 Å². The number of hydrogen-bond donors (Lipinski definition) is 2. The summed E-state index contributed by atoms with van der Waals surface area (Å²) in [5.74, 6) is 0.836. The van der Waals surface area contributed by atoms with Gasteiger partial charge in [-0.25, -0.2) is 0 Å². The van der Waals surface area contributed by atoms with E-state index in [-0.39, 0.29) is 0 Å². The number of nitrogens with zero attached hydrogens (tertiary/aromatic N) is 3. The van der Waals surface area contributed by atoms with Crippen molar-refractivity contribution < 1.29 is 4.74 Å². The monoisotopic (exact) mass is 359 g/mol. The highest BCUT2D eigenvalue weighted by Crippen LogP contribution is 2.17. The molecule has 1 aromatic carbocycles. The van der Waals surface area contributed by atoms with E-state index in [0.29, 0.717) is 0 Å². The van der Waals surface area contributed by atoms with Gasteiger partial charge in [-0.2, -0.15) is 0 Å². The molecule has 1 heterocycles. The van der Waals surface area contributed by atoms with Gasteiger partial charge in [-0.1, -0.05) is 24.3 Å². The van der Waals surface area contributed by atoms with Crippen LogP contribution in [0.15, 0.2) is 41.4 Å². The Hall–Kier alpha value is -2.05. The lowest BCUT2D eigenvalue weighted by atomic mass is 10.2. The quantitative estimate of drug-likeness (QED) is 0.288. The Kier molecular flexibility index (Phi) is 9.00. The van der Waals surface area contributed by atoms with E-state index < -0.39 is 0 Å². The highest BCUT2D eigenvalue weighted by molar-refractivity contribution is 5.79. The molecule has 0 bridgehead atoms. The molecule has 6 heteroatoms. The third-order valence-corrected chi connectivity index (χ3v) is 4.48. The molecule has 0 aliphatic carbocycles. The van der Waals surface area contributed by atoms with Crippen LogP contribution in [0, 0.1) is 0 Å². The molecule has 0 saturated carbocycles. The Balaban J connectivity index is 1.66. The number of aliphatic imine (C=N–C) groups is 1. The van der Waals surface area contributed by atoms with Crippen LogP contribution in [0.3, 0.4) is 0 Å². The van der Waals surface area contributed by atoms with E-state index in [0.717, 1.165) is 58.3 Å². The summed E-state index contributed by atoms with van der Waals surface area (Å²) in [6.07, 6.45) is 5.48. The van der Waals surface area contributed by atoms with Crippen LogP contribution in [0.4, 0.5) is 5.69 Å². The average Bonchev–Trinajstić information content (AvgIpc) is 3.20. The number of ether oxygens (including phenoxy) is 1. The second kappa shape index (κ2) is 11.5. The second-order valence-corrected chi connectivity index (χ2v) is 6.55. The normalized spacial score (nSPS) is 14.3. The molecule has 2 rings (SSSR count). The fourth-order valence-electron chi connectivity index (χ4n) is 2.88. The lowest BCUT2D eigenvalue weighted by Gasteiger charge is -2.19. The molecule has 0 saturated heterocycles. The highest BCUT2D eigenvalue weighted by atomic mass is 16.5. The van der Waals surface area contributed by atoms with Crippen molar-refractivity contribution in [2.24, 2.45) is 4.99 Å². The molecule has 0 spiro atoms. The minimum atomic E-state index is 0.766. The van der Waals surface area contributed by atoms with Crippen molar-refractivity contribution in [1.29, 1.82) is 0 Å². The summed E-state index contributed by atoms with van der Waals surface area (Å²) in [6.45, 7) is 6.48. The molecular formula is C20H33N5O. The molecule has 0 aromatic heterocycles. The van der Waals surface area contributed by atoms with Crippen molar-refractivity contribution in [3.63, 3.8) is 0 Å². The van der Waals surface area contributed by atoms with Gasteiger partial charge >= 0.3 is 0 Å². The molecule has 0 radical (unpaired) electrons. The van der Waals surface area contributed by atoms with Gasteiger partial charge in [0.15, 0.2) is 5.96 Å². The summed E-state index contributed by atoms with van der Waals surface area (Å²) in [7, 11) is 5.68. The Morgan fingerprint density at radius 2 is 1.88 bits per heavy atom. The topological polar surface area (TPSA) is 52.1 Å². The fourth-order valence-corrected chi connectivity index (χ4v) is 2.88. The number of hydrogen-bond acceptors (Lipinski definition) is 4. The molecule has 1 aliphatic rings. The summed E-state index contributed by atoms with van der Waals surface area (Å²) in [5.41, 5.74) is 2.53. The smallest absolute Gasteiger partial charge is 0.191 e. The fraction of sp³-hybridized carbons (Fsp3) is 0.550. The summed E-state index contributed by atoms with van der Waals surface area (Å²) in [6, 6.07) is 8.74. The number of guanidine groups is 1. The Bertz CT molecular complexity index is 562. The first-order chi connectivity index (χ1) is 12.7. The predicted molar refractivity (Wildman–Crippen MR) is 110 cm³/mol. The number of nitrogens with one attached hydrogen (secondary N) is 2. The molecule has 1 aromatic rings. The number of likely N-dealkylation sites (N-methyl/N-ethyl adjacent to an activating group) is 1. The molecule has 1 aliphatic heterocycles. The van der Waals surface area contributed by atoms with Crippen molar-refractivity contribution in [2.45, 2.75) is 13.0 Å². The van der Waals surface area contributed by atoms with E-state index in [1.165, 1.54) is 11.3 Å². The van der Waals surface area contributed by atoms with Crippen LogP contribution in [-0.4, -0.2) is 71.4 Å². The summed E-state index contributed by atoms with van der Waals surface area (Å²) < 4.78 is 5.09. The van der Waals surface area contributed by atoms with Crippen LogP contribution in [0.2, 0.25) is 0 Å². The Labute approximate surface area is 157 Å². The third kappa shape index (κ3) is 7.06. The zero-order valence-corrected chi connectivity index (χ0v) is 16.4. The van der Waals surface area contributed by atoms with Crippen LogP contribution in [0.1, 0.15) is 12.0 Å². The zero-order valence-electron chi connectivity index (χ0n) is 16.4. The molecule has 144 valence electrons. The number of rotatable bonds is 10. The summed E-state index contributed by atoms with van der Waals surface area (Å²) in [4.78, 5) is 8.94. The van der Waals surface area contributed by atoms with Crippen molar-refractivity contribution in [3.8, 4) is 0 Å². The summed E-state index contributed by atoms with van der Waals surface area (Å²) in [5, 5.41) is 6.74. The lowest BCUT2D eigenvalue weighted by molar-refractivity contribution is 0.180. The highest BCUT2D eigenvalue weighted by Gasteiger charge is 2.07. The minimum absolute atomic E-state index is 0.766. The maximum absolute atomic E-state index is 5.09. The molecule has 26 heavy (non-hydrogen) atoms. The number of benzene rings is 1. The van der Waals surface area contributed by atoms with Crippen LogP contribution in [0.5, 0.6) is 0 Å². The van der Waals surface area contributed by atoms with Gasteiger partial charge < -0.3 is 25.2 Å². The van der Waals surface area contributed by atoms with Crippen LogP contribution >= 0.6 is 0 Å². The Morgan fingerprint density at radius 1 is 1.15 bits per heavy atom. The predicted octanol–water partition coefficient (Wildman–Crippen LogP) is 1.70. The van der Waals surface area contributed by atoms with E-state index in [2.05, 4.69) is 68.9 Å². The third-order valence-electron chi connectivity index (χ3n) is 4.48. The molecular weight excluding hydrogens is 326 g/mol. The minimum Gasteiger partial charge on any atom is -0.385 e. The van der Waals surface area contributed by atoms with Crippen LogP contribution in [-0.2, 0) is 11.3 Å². The van der Waals surface area contributed by atoms with E-state index >= 15 is 0 Å². The van der Waals surface area contributed by atoms with Gasteiger partial charge in [0.1, 0.15) is 0 Å². The molecule has 0 unspecified atom stereocenters. The standard InChI is InChI=1S/C20H33N5O/c1-21-20(22-11-15-24(2)12-6-16-26-3)23-17-18-7-9-19(10-8-18)25-13-4-5-14-25/h4-5,7-10H,6,11-17H2,1-3H3,(H2,21,22,23). The first kappa shape index (κ1) is 20.3. The van der Waals surface area contributed by atoms with Crippen LogP contribution < -0.4 is 15.5 Å². The lowest BCUT2D eigenvalue weighted by Crippen LogP contribution is -2.40. The number of anilines is 1. The van der Waals surface area contributed by atoms with Gasteiger partial charge in [0.25, 0.3) is 0 Å². The Morgan fingerprint density at radius 3 is 2.54 bits per heavy atom. The zero-order chi connectivity index (χ0) is 18.6. The molecule has 0 amide bonds. The van der Waals surface area contributed by atoms with E-state index in [1.54, 1.807) is 14.2 Å². The van der Waals surface area contributed by atoms with Crippen molar-refractivity contribution in [1.82, 2.24) is 15.5 Å². The first-order valence-corrected chi connectivity index (χ1v) is 9.34. The number of methoxy groups -OCH3 is 1. The maximum Gasteiger partial charge on any atom is 0.191 e. The maximum atomic E-state index is 5.09. The molecule has 0 atom stereocenters. The first-order valence-electron chi connectivity index (χ1n) is 9.34. The van der Waals surface area contributed by atoms with E-state index in [9.17, 15) is 0 Å². The van der Waals surface area contributed by atoms with Gasteiger partial charge in [-0.05, 0) is 31.2 Å². The summed E-state index contributed by atoms with van der Waals surface area (Å²) >= 11 is 0. The average molecular weight is 360 g/mol.